The lowest BCUT2D eigenvalue weighted by Gasteiger charge is -2.28. The van der Waals surface area contributed by atoms with Crippen LogP contribution < -0.4 is 4.74 Å². The molecule has 3 aromatic rings. The Morgan fingerprint density at radius 3 is 3.00 bits per heavy atom. The molecule has 2 aromatic heterocycles. The highest BCUT2D eigenvalue weighted by Crippen LogP contribution is 2.41. The molecule has 0 bridgehead atoms. The maximum absolute atomic E-state index is 14.0. The molecular formula is C16H13FN2O2. The topological polar surface area (TPSA) is 47.3 Å². The molecule has 4 rings (SSSR count). The Kier molecular flexibility index (Phi) is 2.53. The number of aliphatic hydroxyl groups is 1. The number of halogens is 1. The van der Waals surface area contributed by atoms with Crippen LogP contribution in [0.4, 0.5) is 4.39 Å². The minimum atomic E-state index is -0.573. The van der Waals surface area contributed by atoms with Crippen molar-refractivity contribution in [2.45, 2.75) is 13.2 Å². The smallest absolute Gasteiger partial charge is 0.200 e. The number of hydrogen-bond donors (Lipinski definition) is 1. The molecule has 0 aliphatic carbocycles. The predicted molar refractivity (Wildman–Crippen MR) is 76.6 cm³/mol. The van der Waals surface area contributed by atoms with Crippen LogP contribution in [0, 0.1) is 12.7 Å². The highest BCUT2D eigenvalue weighted by Gasteiger charge is 2.28. The Labute approximate surface area is 120 Å². The van der Waals surface area contributed by atoms with Crippen molar-refractivity contribution in [3.05, 3.63) is 47.9 Å². The highest BCUT2D eigenvalue weighted by molar-refractivity contribution is 5.88. The molecule has 106 valence electrons. The third kappa shape index (κ3) is 1.67. The van der Waals surface area contributed by atoms with Gasteiger partial charge in [0.25, 0.3) is 0 Å². The van der Waals surface area contributed by atoms with Crippen LogP contribution in [0.25, 0.3) is 22.3 Å². The summed E-state index contributed by atoms with van der Waals surface area (Å²) >= 11 is 0. The molecule has 5 heteroatoms. The molecular weight excluding hydrogens is 271 g/mol. The molecule has 0 fully saturated rings. The molecule has 0 saturated heterocycles. The summed E-state index contributed by atoms with van der Waals surface area (Å²) in [4.78, 5) is 4.50. The first-order valence-electron chi connectivity index (χ1n) is 6.74. The molecule has 0 saturated carbocycles. The molecule has 0 radical (unpaired) electrons. The highest BCUT2D eigenvalue weighted by atomic mass is 19.1. The second kappa shape index (κ2) is 4.30. The molecule has 3 heterocycles. The number of hydrogen-bond acceptors (Lipinski definition) is 3. The van der Waals surface area contributed by atoms with E-state index in [-0.39, 0.29) is 12.4 Å². The van der Waals surface area contributed by atoms with E-state index >= 15 is 0 Å². The number of rotatable bonds is 1. The zero-order valence-corrected chi connectivity index (χ0v) is 11.4. The van der Waals surface area contributed by atoms with Gasteiger partial charge in [0.2, 0.25) is 0 Å². The van der Waals surface area contributed by atoms with Crippen molar-refractivity contribution in [3.8, 4) is 17.1 Å². The fourth-order valence-corrected chi connectivity index (χ4v) is 2.85. The average Bonchev–Trinajstić information content (AvgIpc) is 2.88. The number of ether oxygens (including phenoxy) is 1. The van der Waals surface area contributed by atoms with Crippen molar-refractivity contribution in [1.82, 2.24) is 9.55 Å². The molecule has 4 nitrogen and oxygen atoms in total. The van der Waals surface area contributed by atoms with Crippen molar-refractivity contribution in [1.29, 1.82) is 0 Å². The third-order valence-corrected chi connectivity index (χ3v) is 3.78. The third-order valence-electron chi connectivity index (χ3n) is 3.78. The predicted octanol–water partition coefficient (Wildman–Crippen LogP) is 3.03. The van der Waals surface area contributed by atoms with E-state index in [0.717, 1.165) is 11.4 Å². The lowest BCUT2D eigenvalue weighted by atomic mass is 10.2. The quantitative estimate of drug-likeness (QED) is 0.747. The minimum absolute atomic E-state index is 0.194. The summed E-state index contributed by atoms with van der Waals surface area (Å²) in [6.45, 7) is 1.70. The van der Waals surface area contributed by atoms with Gasteiger partial charge in [0.15, 0.2) is 6.23 Å². The molecule has 21 heavy (non-hydrogen) atoms. The van der Waals surface area contributed by atoms with E-state index < -0.39 is 6.23 Å². The summed E-state index contributed by atoms with van der Waals surface area (Å²) < 4.78 is 21.6. The van der Waals surface area contributed by atoms with Gasteiger partial charge in [-0.25, -0.2) is 9.37 Å². The van der Waals surface area contributed by atoms with Gasteiger partial charge in [-0.05, 0) is 37.3 Å². The van der Waals surface area contributed by atoms with Crippen LogP contribution in [0.1, 0.15) is 11.9 Å². The molecule has 1 aromatic carbocycles. The van der Waals surface area contributed by atoms with Crippen molar-refractivity contribution in [2.24, 2.45) is 0 Å². The van der Waals surface area contributed by atoms with Crippen LogP contribution in [0.15, 0.2) is 36.4 Å². The van der Waals surface area contributed by atoms with Gasteiger partial charge >= 0.3 is 0 Å². The number of aryl methyl sites for hydroxylation is 1. The van der Waals surface area contributed by atoms with Crippen LogP contribution in [0.3, 0.4) is 0 Å². The van der Waals surface area contributed by atoms with Gasteiger partial charge in [0, 0.05) is 11.1 Å². The molecule has 1 aliphatic heterocycles. The largest absolute Gasteiger partial charge is 0.465 e. The summed E-state index contributed by atoms with van der Waals surface area (Å²) in [6, 6.07) is 10.3. The number of benzene rings is 1. The number of fused-ring (bicyclic) bond motifs is 5. The standard InChI is InChI=1S/C16H13FN2O2/c1-9-5-6-14-16(18-9)13-7-10-11(17)3-2-4-12(10)19(13)15(8-20)21-14/h2-7,15,20H,8H2,1H3. The molecule has 1 unspecified atom stereocenters. The number of nitrogens with zero attached hydrogens (tertiary/aromatic N) is 2. The summed E-state index contributed by atoms with van der Waals surface area (Å²) in [5.41, 5.74) is 2.99. The van der Waals surface area contributed by atoms with Crippen molar-refractivity contribution >= 4 is 10.9 Å². The first kappa shape index (κ1) is 12.3. The number of pyridine rings is 1. The maximum atomic E-state index is 14.0. The SMILES string of the molecule is Cc1ccc2c(n1)-c1cc3c(F)cccc3n1C(CO)O2. The van der Waals surface area contributed by atoms with Crippen LogP contribution >= 0.6 is 0 Å². The second-order valence-electron chi connectivity index (χ2n) is 5.13. The van der Waals surface area contributed by atoms with E-state index in [1.165, 1.54) is 6.07 Å². The van der Waals surface area contributed by atoms with E-state index in [2.05, 4.69) is 4.98 Å². The van der Waals surface area contributed by atoms with Gasteiger partial charge in [-0.15, -0.1) is 0 Å². The molecule has 1 N–H and O–H groups in total. The summed E-state index contributed by atoms with van der Waals surface area (Å²) in [7, 11) is 0. The van der Waals surface area contributed by atoms with Crippen molar-refractivity contribution < 1.29 is 14.2 Å². The first-order chi connectivity index (χ1) is 10.2. The Balaban J connectivity index is 2.10. The van der Waals surface area contributed by atoms with Crippen molar-refractivity contribution in [2.75, 3.05) is 6.61 Å². The lowest BCUT2D eigenvalue weighted by Crippen LogP contribution is -2.24. The Hall–Kier alpha value is -2.40. The Bertz CT molecular complexity index is 857. The van der Waals surface area contributed by atoms with Crippen molar-refractivity contribution in [3.63, 3.8) is 0 Å². The first-order valence-corrected chi connectivity index (χ1v) is 6.74. The van der Waals surface area contributed by atoms with Crippen LogP contribution in [-0.4, -0.2) is 21.3 Å². The normalized spacial score (nSPS) is 16.4. The minimum Gasteiger partial charge on any atom is -0.465 e. The Morgan fingerprint density at radius 1 is 1.33 bits per heavy atom. The molecule has 1 atom stereocenters. The maximum Gasteiger partial charge on any atom is 0.200 e. The molecule has 1 aliphatic rings. The molecule has 0 amide bonds. The fraction of sp³-hybridized carbons (Fsp3) is 0.188. The second-order valence-corrected chi connectivity index (χ2v) is 5.13. The number of aromatic nitrogens is 2. The van der Waals surface area contributed by atoms with Crippen LogP contribution in [-0.2, 0) is 0 Å². The Morgan fingerprint density at radius 2 is 2.19 bits per heavy atom. The summed E-state index contributed by atoms with van der Waals surface area (Å²) in [5.74, 6) is 0.315. The van der Waals surface area contributed by atoms with Gasteiger partial charge in [0.1, 0.15) is 17.3 Å². The number of aliphatic hydroxyl groups excluding tert-OH is 1. The van der Waals surface area contributed by atoms with Gasteiger partial charge in [0.05, 0.1) is 17.8 Å². The fourth-order valence-electron chi connectivity index (χ4n) is 2.85. The van der Waals surface area contributed by atoms with Gasteiger partial charge in [-0.2, -0.15) is 0 Å². The van der Waals surface area contributed by atoms with Gasteiger partial charge in [-0.1, -0.05) is 6.07 Å². The van der Waals surface area contributed by atoms with Gasteiger partial charge in [-0.3, -0.25) is 0 Å². The summed E-state index contributed by atoms with van der Waals surface area (Å²) in [6.07, 6.45) is -0.573. The van der Waals surface area contributed by atoms with E-state index in [9.17, 15) is 9.50 Å². The van der Waals surface area contributed by atoms with Crippen LogP contribution in [0.2, 0.25) is 0 Å². The van der Waals surface area contributed by atoms with Crippen LogP contribution in [0.5, 0.6) is 5.75 Å². The van der Waals surface area contributed by atoms with E-state index in [1.54, 1.807) is 16.7 Å². The zero-order valence-electron chi connectivity index (χ0n) is 11.4. The van der Waals surface area contributed by atoms with E-state index in [1.807, 2.05) is 25.1 Å². The summed E-state index contributed by atoms with van der Waals surface area (Å²) in [5, 5.41) is 10.1. The van der Waals surface area contributed by atoms with E-state index in [4.69, 9.17) is 4.74 Å². The molecule has 0 spiro atoms. The van der Waals surface area contributed by atoms with Gasteiger partial charge < -0.3 is 14.4 Å². The lowest BCUT2D eigenvalue weighted by molar-refractivity contribution is 0.0608. The zero-order chi connectivity index (χ0) is 14.6. The average molecular weight is 284 g/mol. The van der Waals surface area contributed by atoms with E-state index in [0.29, 0.717) is 22.3 Å². The monoisotopic (exact) mass is 284 g/mol.